The molecule has 0 saturated heterocycles. The number of benzene rings is 1. The molecule has 21 heavy (non-hydrogen) atoms. The minimum Gasteiger partial charge on any atom is -0.486 e. The summed E-state index contributed by atoms with van der Waals surface area (Å²) in [7, 11) is 0. The van der Waals surface area contributed by atoms with Crippen molar-refractivity contribution in [3.05, 3.63) is 29.8 Å². The third-order valence-electron chi connectivity index (χ3n) is 4.31. The zero-order valence-corrected chi connectivity index (χ0v) is 12.9. The average molecular weight is 297 g/mol. The van der Waals surface area contributed by atoms with E-state index in [1.54, 1.807) is 0 Å². The maximum absolute atomic E-state index is 13.8. The maximum atomic E-state index is 13.8. The Morgan fingerprint density at radius 2 is 2.05 bits per heavy atom. The first kappa shape index (κ1) is 16.2. The van der Waals surface area contributed by atoms with Gasteiger partial charge in [-0.25, -0.2) is 8.78 Å². The van der Waals surface area contributed by atoms with Crippen molar-refractivity contribution in [3.8, 4) is 5.75 Å². The Kier molecular flexibility index (Phi) is 5.97. The van der Waals surface area contributed by atoms with Crippen LogP contribution in [0.3, 0.4) is 0 Å². The second kappa shape index (κ2) is 7.74. The van der Waals surface area contributed by atoms with Crippen molar-refractivity contribution < 1.29 is 13.5 Å². The molecule has 0 spiro atoms. The Labute approximate surface area is 125 Å². The molecule has 1 aromatic carbocycles. The standard InChI is InChI=1S/C17H25F2NO/c1-3-9-20-15-8-5-12(4-2)10-17(15)21-16-11-13(18)6-7-14(16)19/h6-7,11-12,15,17,20H,3-5,8-10H2,1-2H3. The highest BCUT2D eigenvalue weighted by molar-refractivity contribution is 5.25. The molecule has 0 amide bonds. The van der Waals surface area contributed by atoms with Crippen LogP contribution in [0.4, 0.5) is 8.78 Å². The van der Waals surface area contributed by atoms with Gasteiger partial charge in [-0.1, -0.05) is 20.3 Å². The van der Waals surface area contributed by atoms with Gasteiger partial charge in [0.2, 0.25) is 0 Å². The summed E-state index contributed by atoms with van der Waals surface area (Å²) in [6.07, 6.45) is 5.16. The first-order chi connectivity index (χ1) is 10.1. The highest BCUT2D eigenvalue weighted by atomic mass is 19.1. The molecule has 3 atom stereocenters. The average Bonchev–Trinajstić information content (AvgIpc) is 2.49. The van der Waals surface area contributed by atoms with Crippen molar-refractivity contribution in [2.24, 2.45) is 5.92 Å². The lowest BCUT2D eigenvalue weighted by Crippen LogP contribution is -2.47. The monoisotopic (exact) mass is 297 g/mol. The van der Waals surface area contributed by atoms with E-state index >= 15 is 0 Å². The van der Waals surface area contributed by atoms with Crippen LogP contribution in [0.5, 0.6) is 5.75 Å². The van der Waals surface area contributed by atoms with Gasteiger partial charge in [-0.05, 0) is 50.3 Å². The van der Waals surface area contributed by atoms with Crippen LogP contribution in [0.2, 0.25) is 0 Å². The van der Waals surface area contributed by atoms with Crippen molar-refractivity contribution in [3.63, 3.8) is 0 Å². The van der Waals surface area contributed by atoms with Gasteiger partial charge in [0.1, 0.15) is 11.9 Å². The molecule has 118 valence electrons. The van der Waals surface area contributed by atoms with Crippen LogP contribution in [0.15, 0.2) is 18.2 Å². The van der Waals surface area contributed by atoms with E-state index in [0.29, 0.717) is 5.92 Å². The van der Waals surface area contributed by atoms with Crippen LogP contribution in [-0.2, 0) is 0 Å². The van der Waals surface area contributed by atoms with Crippen LogP contribution < -0.4 is 10.1 Å². The Bertz CT molecular complexity index is 452. The minimum absolute atomic E-state index is 0.0278. The molecule has 0 bridgehead atoms. The van der Waals surface area contributed by atoms with E-state index < -0.39 is 11.6 Å². The minimum atomic E-state index is -0.496. The SMILES string of the molecule is CCCNC1CCC(CC)CC1Oc1cc(F)ccc1F. The summed E-state index contributed by atoms with van der Waals surface area (Å²) in [5.41, 5.74) is 0. The molecular formula is C17H25F2NO. The number of ether oxygens (including phenoxy) is 1. The first-order valence-corrected chi connectivity index (χ1v) is 7.99. The summed E-state index contributed by atoms with van der Waals surface area (Å²) in [4.78, 5) is 0. The van der Waals surface area contributed by atoms with Gasteiger partial charge >= 0.3 is 0 Å². The highest BCUT2D eigenvalue weighted by Gasteiger charge is 2.31. The zero-order valence-electron chi connectivity index (χ0n) is 12.9. The van der Waals surface area contributed by atoms with Crippen molar-refractivity contribution in [1.82, 2.24) is 5.32 Å². The van der Waals surface area contributed by atoms with Crippen molar-refractivity contribution >= 4 is 0 Å². The predicted molar refractivity (Wildman–Crippen MR) is 80.5 cm³/mol. The zero-order chi connectivity index (χ0) is 15.2. The van der Waals surface area contributed by atoms with E-state index in [2.05, 4.69) is 19.2 Å². The molecule has 0 heterocycles. The summed E-state index contributed by atoms with van der Waals surface area (Å²) in [5.74, 6) is -0.331. The van der Waals surface area contributed by atoms with Gasteiger partial charge in [0.15, 0.2) is 11.6 Å². The third kappa shape index (κ3) is 4.40. The molecule has 2 rings (SSSR count). The Balaban J connectivity index is 2.09. The van der Waals surface area contributed by atoms with E-state index in [0.717, 1.165) is 50.4 Å². The van der Waals surface area contributed by atoms with Crippen molar-refractivity contribution in [1.29, 1.82) is 0 Å². The van der Waals surface area contributed by atoms with E-state index in [1.165, 1.54) is 6.42 Å². The van der Waals surface area contributed by atoms with Crippen LogP contribution in [0.1, 0.15) is 46.0 Å². The fraction of sp³-hybridized carbons (Fsp3) is 0.647. The van der Waals surface area contributed by atoms with Crippen LogP contribution in [0, 0.1) is 17.6 Å². The van der Waals surface area contributed by atoms with Gasteiger partial charge in [-0.3, -0.25) is 0 Å². The molecule has 0 aliphatic heterocycles. The molecule has 4 heteroatoms. The van der Waals surface area contributed by atoms with Gasteiger partial charge in [0.25, 0.3) is 0 Å². The predicted octanol–water partition coefficient (Wildman–Crippen LogP) is 4.29. The quantitative estimate of drug-likeness (QED) is 0.845. The summed E-state index contributed by atoms with van der Waals surface area (Å²) in [5, 5.41) is 3.48. The lowest BCUT2D eigenvalue weighted by atomic mass is 9.82. The first-order valence-electron chi connectivity index (χ1n) is 7.99. The summed E-state index contributed by atoms with van der Waals surface area (Å²) in [6, 6.07) is 3.60. The number of halogens is 2. The Morgan fingerprint density at radius 3 is 2.76 bits per heavy atom. The molecule has 1 N–H and O–H groups in total. The van der Waals surface area contributed by atoms with E-state index in [4.69, 9.17) is 4.74 Å². The molecule has 1 aliphatic rings. The molecule has 1 aliphatic carbocycles. The maximum Gasteiger partial charge on any atom is 0.165 e. The summed E-state index contributed by atoms with van der Waals surface area (Å²) in [6.45, 7) is 5.21. The lowest BCUT2D eigenvalue weighted by molar-refractivity contribution is 0.0810. The molecule has 0 aromatic heterocycles. The number of rotatable bonds is 6. The second-order valence-corrected chi connectivity index (χ2v) is 5.88. The van der Waals surface area contributed by atoms with Crippen LogP contribution >= 0.6 is 0 Å². The Morgan fingerprint density at radius 1 is 1.24 bits per heavy atom. The summed E-state index contributed by atoms with van der Waals surface area (Å²) >= 11 is 0. The Hall–Kier alpha value is -1.16. The number of hydrogen-bond donors (Lipinski definition) is 1. The fourth-order valence-electron chi connectivity index (χ4n) is 3.01. The molecule has 1 saturated carbocycles. The van der Waals surface area contributed by atoms with Gasteiger partial charge in [-0.15, -0.1) is 0 Å². The third-order valence-corrected chi connectivity index (χ3v) is 4.31. The van der Waals surface area contributed by atoms with Crippen LogP contribution in [0.25, 0.3) is 0 Å². The van der Waals surface area contributed by atoms with E-state index in [1.807, 2.05) is 0 Å². The van der Waals surface area contributed by atoms with Crippen molar-refractivity contribution in [2.75, 3.05) is 6.54 Å². The lowest BCUT2D eigenvalue weighted by Gasteiger charge is -2.36. The highest BCUT2D eigenvalue weighted by Crippen LogP contribution is 2.31. The van der Waals surface area contributed by atoms with Crippen LogP contribution in [-0.4, -0.2) is 18.7 Å². The van der Waals surface area contributed by atoms with E-state index in [9.17, 15) is 8.78 Å². The normalized spacial score (nSPS) is 25.8. The van der Waals surface area contributed by atoms with E-state index in [-0.39, 0.29) is 17.9 Å². The summed E-state index contributed by atoms with van der Waals surface area (Å²) < 4.78 is 32.9. The fourth-order valence-corrected chi connectivity index (χ4v) is 3.01. The molecule has 2 nitrogen and oxygen atoms in total. The van der Waals surface area contributed by atoms with Gasteiger partial charge in [0, 0.05) is 12.1 Å². The molecule has 1 aromatic rings. The molecule has 1 fully saturated rings. The van der Waals surface area contributed by atoms with Crippen molar-refractivity contribution in [2.45, 2.75) is 58.1 Å². The second-order valence-electron chi connectivity index (χ2n) is 5.88. The topological polar surface area (TPSA) is 21.3 Å². The van der Waals surface area contributed by atoms with Gasteiger partial charge < -0.3 is 10.1 Å². The largest absolute Gasteiger partial charge is 0.486 e. The van der Waals surface area contributed by atoms with Gasteiger partial charge in [0.05, 0.1) is 0 Å². The smallest absolute Gasteiger partial charge is 0.165 e. The molecule has 3 unspecified atom stereocenters. The number of hydrogen-bond acceptors (Lipinski definition) is 2. The van der Waals surface area contributed by atoms with Gasteiger partial charge in [-0.2, -0.15) is 0 Å². The molecular weight excluding hydrogens is 272 g/mol. The molecule has 0 radical (unpaired) electrons. The number of nitrogens with one attached hydrogen (secondary N) is 1.